The van der Waals surface area contributed by atoms with E-state index >= 15 is 0 Å². The molecule has 1 heteroatoms. The van der Waals surface area contributed by atoms with Crippen LogP contribution in [0.5, 0.6) is 0 Å². The first-order valence-electron chi connectivity index (χ1n) is 8.14. The van der Waals surface area contributed by atoms with E-state index in [4.69, 9.17) is 0 Å². The van der Waals surface area contributed by atoms with Crippen LogP contribution in [0.25, 0.3) is 0 Å². The molecule has 1 atom stereocenters. The van der Waals surface area contributed by atoms with Crippen LogP contribution in [-0.4, -0.2) is 11.3 Å². The zero-order valence-electron chi connectivity index (χ0n) is 11.7. The molecule has 1 unspecified atom stereocenters. The molecule has 100 valence electrons. The van der Waals surface area contributed by atoms with Crippen LogP contribution in [0, 0.1) is 5.92 Å². The normalized spacial score (nSPS) is 32.3. The van der Waals surface area contributed by atoms with E-state index in [2.05, 4.69) is 6.92 Å². The molecule has 2 fully saturated rings. The van der Waals surface area contributed by atoms with Gasteiger partial charge in [-0.3, -0.25) is 0 Å². The zero-order chi connectivity index (χ0) is 11.9. The Kier molecular flexibility index (Phi) is 6.34. The van der Waals surface area contributed by atoms with E-state index in [-0.39, 0.29) is 0 Å². The van der Waals surface area contributed by atoms with Crippen molar-refractivity contribution in [2.75, 3.05) is 0 Å². The molecule has 0 heterocycles. The molecule has 2 aliphatic carbocycles. The third kappa shape index (κ3) is 4.90. The van der Waals surface area contributed by atoms with Crippen LogP contribution in [0.1, 0.15) is 84.0 Å². The van der Waals surface area contributed by atoms with E-state index in [1.807, 2.05) is 0 Å². The lowest BCUT2D eigenvalue weighted by molar-refractivity contribution is 0.335. The van der Waals surface area contributed by atoms with Gasteiger partial charge in [0, 0.05) is 0 Å². The van der Waals surface area contributed by atoms with Crippen molar-refractivity contribution in [1.29, 1.82) is 0 Å². The van der Waals surface area contributed by atoms with Gasteiger partial charge in [-0.05, 0) is 55.8 Å². The standard InChI is InChI=1S/C16H31P/c1-2-3-7-14-10-12-16(13-11-14)17-15-8-5-4-6-9-15/h14-17H,2-13H2,1H3. The molecule has 2 saturated carbocycles. The van der Waals surface area contributed by atoms with Crippen molar-refractivity contribution >= 4 is 8.58 Å². The summed E-state index contributed by atoms with van der Waals surface area (Å²) in [5, 5.41) is 0. The van der Waals surface area contributed by atoms with E-state index in [1.54, 1.807) is 38.5 Å². The lowest BCUT2D eigenvalue weighted by Crippen LogP contribution is -2.18. The molecule has 0 saturated heterocycles. The topological polar surface area (TPSA) is 0 Å². The predicted octanol–water partition coefficient (Wildman–Crippen LogP) is 5.75. The number of hydrogen-bond donors (Lipinski definition) is 0. The summed E-state index contributed by atoms with van der Waals surface area (Å²) >= 11 is 0. The molecule has 17 heavy (non-hydrogen) atoms. The Morgan fingerprint density at radius 3 is 2.12 bits per heavy atom. The molecule has 2 aliphatic rings. The Morgan fingerprint density at radius 1 is 0.824 bits per heavy atom. The van der Waals surface area contributed by atoms with Gasteiger partial charge in [-0.2, -0.15) is 0 Å². The fourth-order valence-electron chi connectivity index (χ4n) is 3.71. The lowest BCUT2D eigenvalue weighted by atomic mass is 9.85. The lowest BCUT2D eigenvalue weighted by Gasteiger charge is -2.32. The Balaban J connectivity index is 1.61. The van der Waals surface area contributed by atoms with E-state index < -0.39 is 0 Å². The van der Waals surface area contributed by atoms with Gasteiger partial charge >= 0.3 is 0 Å². The van der Waals surface area contributed by atoms with Crippen LogP contribution in [0.2, 0.25) is 0 Å². The highest BCUT2D eigenvalue weighted by molar-refractivity contribution is 7.39. The van der Waals surface area contributed by atoms with E-state index in [0.717, 1.165) is 17.2 Å². The first-order valence-corrected chi connectivity index (χ1v) is 9.30. The van der Waals surface area contributed by atoms with Crippen LogP contribution in [0.15, 0.2) is 0 Å². The fraction of sp³-hybridized carbons (Fsp3) is 1.00. The Labute approximate surface area is 110 Å². The maximum Gasteiger partial charge on any atom is -0.0234 e. The van der Waals surface area contributed by atoms with Crippen molar-refractivity contribution in [2.24, 2.45) is 5.92 Å². The molecule has 0 radical (unpaired) electrons. The van der Waals surface area contributed by atoms with Crippen molar-refractivity contribution in [3.63, 3.8) is 0 Å². The Morgan fingerprint density at radius 2 is 1.47 bits per heavy atom. The zero-order valence-corrected chi connectivity index (χ0v) is 12.7. The minimum absolute atomic E-state index is 1.10. The minimum Gasteiger partial charge on any atom is -0.116 e. The molecule has 0 aromatic rings. The summed E-state index contributed by atoms with van der Waals surface area (Å²) in [5.41, 5.74) is 2.27. The van der Waals surface area contributed by atoms with Crippen molar-refractivity contribution < 1.29 is 0 Å². The van der Waals surface area contributed by atoms with Gasteiger partial charge in [-0.25, -0.2) is 0 Å². The van der Waals surface area contributed by atoms with Crippen LogP contribution >= 0.6 is 8.58 Å². The summed E-state index contributed by atoms with van der Waals surface area (Å²) in [4.78, 5) is 0. The number of hydrogen-bond acceptors (Lipinski definition) is 0. The SMILES string of the molecule is CCCCC1CCC(PC2CCCCC2)CC1. The van der Waals surface area contributed by atoms with Crippen molar-refractivity contribution in [3.05, 3.63) is 0 Å². The third-order valence-corrected chi connectivity index (χ3v) is 6.99. The molecular formula is C16H31P. The smallest absolute Gasteiger partial charge is 0.0234 e. The van der Waals surface area contributed by atoms with E-state index in [1.165, 1.54) is 47.1 Å². The number of unbranched alkanes of at least 4 members (excludes halogenated alkanes) is 1. The maximum absolute atomic E-state index is 2.33. The van der Waals surface area contributed by atoms with Crippen LogP contribution in [-0.2, 0) is 0 Å². The summed E-state index contributed by atoms with van der Waals surface area (Å²) in [5.74, 6) is 1.10. The monoisotopic (exact) mass is 254 g/mol. The molecular weight excluding hydrogens is 223 g/mol. The quantitative estimate of drug-likeness (QED) is 0.548. The maximum atomic E-state index is 2.33. The second-order valence-electron chi connectivity index (χ2n) is 6.36. The van der Waals surface area contributed by atoms with Gasteiger partial charge in [0.05, 0.1) is 0 Å². The van der Waals surface area contributed by atoms with Gasteiger partial charge < -0.3 is 0 Å². The van der Waals surface area contributed by atoms with Crippen molar-refractivity contribution in [3.8, 4) is 0 Å². The number of rotatable bonds is 5. The summed E-state index contributed by atoms with van der Waals surface area (Å²) < 4.78 is 0. The molecule has 0 bridgehead atoms. The van der Waals surface area contributed by atoms with Crippen molar-refractivity contribution in [1.82, 2.24) is 0 Å². The highest BCUT2D eigenvalue weighted by atomic mass is 31.1. The second kappa shape index (κ2) is 7.78. The summed E-state index contributed by atoms with van der Waals surface area (Å²) in [6, 6.07) is 0. The summed E-state index contributed by atoms with van der Waals surface area (Å²) in [6.45, 7) is 2.33. The average Bonchev–Trinajstić information content (AvgIpc) is 2.39. The molecule has 0 aromatic heterocycles. The van der Waals surface area contributed by atoms with Crippen LogP contribution < -0.4 is 0 Å². The van der Waals surface area contributed by atoms with Gasteiger partial charge in [0.25, 0.3) is 0 Å². The third-order valence-electron chi connectivity index (χ3n) is 4.89. The predicted molar refractivity (Wildman–Crippen MR) is 80.5 cm³/mol. The van der Waals surface area contributed by atoms with E-state index in [0.29, 0.717) is 0 Å². The molecule has 0 spiro atoms. The largest absolute Gasteiger partial charge is 0.116 e. The minimum atomic E-state index is 1.10. The van der Waals surface area contributed by atoms with Gasteiger partial charge in [0.15, 0.2) is 0 Å². The highest BCUT2D eigenvalue weighted by Crippen LogP contribution is 2.43. The summed E-state index contributed by atoms with van der Waals surface area (Å²) in [7, 11) is 1.32. The second-order valence-corrected chi connectivity index (χ2v) is 8.33. The molecule has 0 nitrogen and oxygen atoms in total. The van der Waals surface area contributed by atoms with Gasteiger partial charge in [-0.1, -0.05) is 45.4 Å². The molecule has 0 aromatic carbocycles. The highest BCUT2D eigenvalue weighted by Gasteiger charge is 2.24. The van der Waals surface area contributed by atoms with Crippen LogP contribution in [0.3, 0.4) is 0 Å². The molecule has 0 amide bonds. The Bertz CT molecular complexity index is 188. The fourth-order valence-corrected chi connectivity index (χ4v) is 5.79. The Hall–Kier alpha value is 0.430. The molecule has 0 aliphatic heterocycles. The molecule has 0 N–H and O–H groups in total. The van der Waals surface area contributed by atoms with Crippen molar-refractivity contribution in [2.45, 2.75) is 95.3 Å². The van der Waals surface area contributed by atoms with Crippen LogP contribution in [0.4, 0.5) is 0 Å². The van der Waals surface area contributed by atoms with Gasteiger partial charge in [0.2, 0.25) is 0 Å². The first kappa shape index (κ1) is 13.9. The first-order chi connectivity index (χ1) is 8.38. The average molecular weight is 254 g/mol. The van der Waals surface area contributed by atoms with E-state index in [9.17, 15) is 0 Å². The van der Waals surface area contributed by atoms with Gasteiger partial charge in [-0.15, -0.1) is 8.58 Å². The van der Waals surface area contributed by atoms with Gasteiger partial charge in [0.1, 0.15) is 0 Å². The molecule has 2 rings (SSSR count). The summed E-state index contributed by atoms with van der Waals surface area (Å²) in [6.07, 6.45) is 18.4.